The molecule has 2 N–H and O–H groups in total. The van der Waals surface area contributed by atoms with Crippen molar-refractivity contribution >= 4 is 46.4 Å². The molecule has 2 aromatic carbocycles. The average Bonchev–Trinajstić information content (AvgIpc) is 2.32. The molecule has 0 saturated heterocycles. The van der Waals surface area contributed by atoms with Gasteiger partial charge >= 0.3 is 0 Å². The standard InChI is InChI=1S/C13H9Cl4N/c14-8-4-2-5-9(15)11(8)13(18)7-3-1-6-10(16)12(7)17/h1-6,13H,18H2. The Hall–Kier alpha value is -0.440. The van der Waals surface area contributed by atoms with Crippen molar-refractivity contribution in [1.82, 2.24) is 0 Å². The second kappa shape index (κ2) is 5.68. The second-order valence-corrected chi connectivity index (χ2v) is 5.36. The zero-order valence-electron chi connectivity index (χ0n) is 9.13. The predicted molar refractivity (Wildman–Crippen MR) is 79.0 cm³/mol. The van der Waals surface area contributed by atoms with Gasteiger partial charge in [0.05, 0.1) is 16.1 Å². The summed E-state index contributed by atoms with van der Waals surface area (Å²) in [5.74, 6) is 0. The van der Waals surface area contributed by atoms with E-state index in [9.17, 15) is 0 Å². The Bertz CT molecular complexity index is 563. The third kappa shape index (κ3) is 2.61. The Kier molecular flexibility index (Phi) is 4.41. The summed E-state index contributed by atoms with van der Waals surface area (Å²) in [6.07, 6.45) is 0. The molecule has 5 heteroatoms. The fourth-order valence-corrected chi connectivity index (χ4v) is 2.78. The van der Waals surface area contributed by atoms with Crippen LogP contribution in [0.5, 0.6) is 0 Å². The van der Waals surface area contributed by atoms with Gasteiger partial charge in [-0.15, -0.1) is 0 Å². The van der Waals surface area contributed by atoms with Crippen LogP contribution in [0.25, 0.3) is 0 Å². The van der Waals surface area contributed by atoms with Crippen LogP contribution in [0.2, 0.25) is 20.1 Å². The molecule has 1 atom stereocenters. The molecule has 0 aromatic heterocycles. The Labute approximate surface area is 125 Å². The first kappa shape index (κ1) is 14.0. The summed E-state index contributed by atoms with van der Waals surface area (Å²) < 4.78 is 0. The van der Waals surface area contributed by atoms with Crippen LogP contribution in [0.1, 0.15) is 17.2 Å². The van der Waals surface area contributed by atoms with E-state index < -0.39 is 6.04 Å². The fourth-order valence-electron chi connectivity index (χ4n) is 1.72. The molecule has 0 saturated carbocycles. The summed E-state index contributed by atoms with van der Waals surface area (Å²) in [5, 5.41) is 1.88. The van der Waals surface area contributed by atoms with Crippen LogP contribution in [0.4, 0.5) is 0 Å². The summed E-state index contributed by atoms with van der Waals surface area (Å²) >= 11 is 24.4. The smallest absolute Gasteiger partial charge is 0.0643 e. The molecule has 1 unspecified atom stereocenters. The summed E-state index contributed by atoms with van der Waals surface area (Å²) in [4.78, 5) is 0. The number of halogens is 4. The van der Waals surface area contributed by atoms with E-state index in [4.69, 9.17) is 52.1 Å². The van der Waals surface area contributed by atoms with E-state index in [1.54, 1.807) is 36.4 Å². The Morgan fingerprint density at radius 2 is 1.28 bits per heavy atom. The van der Waals surface area contributed by atoms with Gasteiger partial charge in [-0.1, -0.05) is 64.6 Å². The summed E-state index contributed by atoms with van der Waals surface area (Å²) in [6, 6.07) is 10.0. The highest BCUT2D eigenvalue weighted by Gasteiger charge is 2.19. The van der Waals surface area contributed by atoms with Gasteiger partial charge in [-0.05, 0) is 23.8 Å². The van der Waals surface area contributed by atoms with Gasteiger partial charge < -0.3 is 5.73 Å². The topological polar surface area (TPSA) is 26.0 Å². The number of nitrogens with two attached hydrogens (primary N) is 1. The van der Waals surface area contributed by atoms with Gasteiger partial charge in [0.15, 0.2) is 0 Å². The molecule has 0 radical (unpaired) electrons. The molecule has 1 nitrogen and oxygen atoms in total. The van der Waals surface area contributed by atoms with E-state index >= 15 is 0 Å². The van der Waals surface area contributed by atoms with Gasteiger partial charge in [0.1, 0.15) is 0 Å². The van der Waals surface area contributed by atoms with Gasteiger partial charge in [0.25, 0.3) is 0 Å². The first-order valence-corrected chi connectivity index (χ1v) is 6.67. The molecule has 0 heterocycles. The van der Waals surface area contributed by atoms with E-state index in [0.29, 0.717) is 31.2 Å². The van der Waals surface area contributed by atoms with Crippen molar-refractivity contribution < 1.29 is 0 Å². The largest absolute Gasteiger partial charge is 0.320 e. The number of benzene rings is 2. The van der Waals surface area contributed by atoms with Crippen molar-refractivity contribution in [2.45, 2.75) is 6.04 Å². The second-order valence-electron chi connectivity index (χ2n) is 3.76. The minimum absolute atomic E-state index is 0.419. The van der Waals surface area contributed by atoms with E-state index in [1.807, 2.05) is 0 Å². The summed E-state index contributed by atoms with van der Waals surface area (Å²) in [5.41, 5.74) is 7.51. The third-order valence-electron chi connectivity index (χ3n) is 2.63. The molecule has 0 bridgehead atoms. The Balaban J connectivity index is 2.55. The maximum Gasteiger partial charge on any atom is 0.0643 e. The zero-order chi connectivity index (χ0) is 13.3. The van der Waals surface area contributed by atoms with Gasteiger partial charge in [0.2, 0.25) is 0 Å². The van der Waals surface area contributed by atoms with Gasteiger partial charge in [0, 0.05) is 15.6 Å². The van der Waals surface area contributed by atoms with Crippen molar-refractivity contribution in [3.8, 4) is 0 Å². The van der Waals surface area contributed by atoms with Crippen LogP contribution < -0.4 is 5.73 Å². The van der Waals surface area contributed by atoms with Gasteiger partial charge in [-0.3, -0.25) is 0 Å². The molecule has 2 aromatic rings. The Morgan fingerprint density at radius 3 is 1.89 bits per heavy atom. The SMILES string of the molecule is NC(c1cccc(Cl)c1Cl)c1c(Cl)cccc1Cl. The molecular formula is C13H9Cl4N. The molecule has 18 heavy (non-hydrogen) atoms. The highest BCUT2D eigenvalue weighted by Crippen LogP contribution is 2.37. The van der Waals surface area contributed by atoms with Crippen molar-refractivity contribution in [1.29, 1.82) is 0 Å². The van der Waals surface area contributed by atoms with Crippen LogP contribution in [-0.4, -0.2) is 0 Å². The van der Waals surface area contributed by atoms with Crippen LogP contribution in [-0.2, 0) is 0 Å². The first-order chi connectivity index (χ1) is 8.52. The van der Waals surface area contributed by atoms with Crippen LogP contribution >= 0.6 is 46.4 Å². The quantitative estimate of drug-likeness (QED) is 0.793. The highest BCUT2D eigenvalue weighted by molar-refractivity contribution is 6.42. The number of rotatable bonds is 2. The lowest BCUT2D eigenvalue weighted by atomic mass is 9.99. The molecule has 0 fully saturated rings. The Morgan fingerprint density at radius 1 is 0.778 bits per heavy atom. The van der Waals surface area contributed by atoms with Crippen LogP contribution in [0.3, 0.4) is 0 Å². The van der Waals surface area contributed by atoms with E-state index in [1.165, 1.54) is 0 Å². The van der Waals surface area contributed by atoms with Crippen LogP contribution in [0, 0.1) is 0 Å². The minimum Gasteiger partial charge on any atom is -0.320 e. The minimum atomic E-state index is -0.516. The normalized spacial score (nSPS) is 12.5. The van der Waals surface area contributed by atoms with Crippen LogP contribution in [0.15, 0.2) is 36.4 Å². The van der Waals surface area contributed by atoms with Gasteiger partial charge in [-0.2, -0.15) is 0 Å². The lowest BCUT2D eigenvalue weighted by Gasteiger charge is -2.17. The van der Waals surface area contributed by atoms with E-state index in [2.05, 4.69) is 0 Å². The number of hydrogen-bond donors (Lipinski definition) is 1. The van der Waals surface area contributed by atoms with Crippen molar-refractivity contribution in [2.24, 2.45) is 5.73 Å². The van der Waals surface area contributed by atoms with Crippen molar-refractivity contribution in [3.63, 3.8) is 0 Å². The predicted octanol–water partition coefficient (Wildman–Crippen LogP) is 5.35. The van der Waals surface area contributed by atoms with Crippen molar-refractivity contribution in [2.75, 3.05) is 0 Å². The first-order valence-electron chi connectivity index (χ1n) is 5.15. The number of hydrogen-bond acceptors (Lipinski definition) is 1. The molecule has 2 rings (SSSR count). The molecular weight excluding hydrogens is 312 g/mol. The molecule has 0 amide bonds. The summed E-state index contributed by atoms with van der Waals surface area (Å²) in [7, 11) is 0. The zero-order valence-corrected chi connectivity index (χ0v) is 12.2. The molecule has 0 aliphatic heterocycles. The fraction of sp³-hybridized carbons (Fsp3) is 0.0769. The van der Waals surface area contributed by atoms with E-state index in [-0.39, 0.29) is 0 Å². The third-order valence-corrected chi connectivity index (χ3v) is 4.12. The highest BCUT2D eigenvalue weighted by atomic mass is 35.5. The maximum atomic E-state index is 6.18. The lowest BCUT2D eigenvalue weighted by Crippen LogP contribution is -2.13. The lowest BCUT2D eigenvalue weighted by molar-refractivity contribution is 0.872. The average molecular weight is 321 g/mol. The van der Waals surface area contributed by atoms with Gasteiger partial charge in [-0.25, -0.2) is 0 Å². The molecule has 0 aliphatic carbocycles. The molecule has 0 aliphatic rings. The maximum absolute atomic E-state index is 6.18. The van der Waals surface area contributed by atoms with E-state index in [0.717, 1.165) is 0 Å². The molecule has 94 valence electrons. The monoisotopic (exact) mass is 319 g/mol. The van der Waals surface area contributed by atoms with Crippen molar-refractivity contribution in [3.05, 3.63) is 67.6 Å². The summed E-state index contributed by atoms with van der Waals surface area (Å²) in [6.45, 7) is 0. The molecule has 0 spiro atoms.